The molecule has 36 heavy (non-hydrogen) atoms. The molecule has 0 spiro atoms. The third-order valence-electron chi connectivity index (χ3n) is 8.14. The summed E-state index contributed by atoms with van der Waals surface area (Å²) in [5.74, 6) is -11.6. The Hall–Kier alpha value is -3.72. The highest BCUT2D eigenvalue weighted by atomic mass is 16.3. The number of phenols is 1. The lowest BCUT2D eigenvalue weighted by Crippen LogP contribution is -2.71. The molecule has 6 atom stereocenters. The van der Waals surface area contributed by atoms with Gasteiger partial charge in [0, 0.05) is 23.6 Å². The summed E-state index contributed by atoms with van der Waals surface area (Å²) in [5, 5.41) is 22.2. The number of amides is 1. The molecule has 5 rings (SSSR count). The highest BCUT2D eigenvalue weighted by Gasteiger charge is 2.69. The third-order valence-corrected chi connectivity index (χ3v) is 8.14. The maximum Gasteiger partial charge on any atom is 0.235 e. The fourth-order valence-corrected chi connectivity index (χ4v) is 6.62. The maximum absolute atomic E-state index is 13.8. The number of hydrogen-bond donors (Lipinski definition) is 3. The summed E-state index contributed by atoms with van der Waals surface area (Å²) in [5.41, 5.74) is 4.36. The van der Waals surface area contributed by atoms with Crippen molar-refractivity contribution < 1.29 is 34.2 Å². The average Bonchev–Trinajstić information content (AvgIpc) is 2.81. The molecule has 2 aromatic rings. The summed E-state index contributed by atoms with van der Waals surface area (Å²) >= 11 is 0. The van der Waals surface area contributed by atoms with Gasteiger partial charge in [-0.3, -0.25) is 29.0 Å². The summed E-state index contributed by atoms with van der Waals surface area (Å²) in [7, 11) is 0. The number of nitrogens with two attached hydrogens (primary N) is 1. The third kappa shape index (κ3) is 3.12. The molecule has 3 aliphatic carbocycles. The van der Waals surface area contributed by atoms with E-state index >= 15 is 0 Å². The van der Waals surface area contributed by atoms with Gasteiger partial charge in [-0.2, -0.15) is 0 Å². The summed E-state index contributed by atoms with van der Waals surface area (Å²) in [6.45, 7) is 3.43. The number of nitrogens with zero attached hydrogens (tertiary/aromatic N) is 1. The van der Waals surface area contributed by atoms with E-state index in [1.165, 1.54) is 6.07 Å². The largest absolute Gasteiger partial charge is 0.507 e. The van der Waals surface area contributed by atoms with Crippen molar-refractivity contribution >= 4 is 29.0 Å². The van der Waals surface area contributed by atoms with Gasteiger partial charge in [-0.25, -0.2) is 0 Å². The number of carbonyl (C=O) groups excluding carboxylic acids is 5. The Bertz CT molecular complexity index is 1340. The number of carbonyl (C=O) groups is 5. The van der Waals surface area contributed by atoms with Crippen LogP contribution in [-0.4, -0.2) is 49.8 Å². The molecule has 1 aromatic carbocycles. The standard InChI is InChI=1S/C27H26N2O7/c1-11(2)18-15-10-12-9-14-13(16-5-3-4-8-29-16)6-7-17(30)20(14)23(32)19(12)24(33)27(15,36)25(34)21(22(18)31)26(28)35/h3-8,11-12,15,18-19,21,30,36H,9-10H2,1-2H3,(H2,28,35)/t12-,15-,18-,19?,21?,27-/m0/s1. The molecule has 1 amide bonds. The van der Waals surface area contributed by atoms with E-state index in [1.54, 1.807) is 44.3 Å². The molecule has 9 nitrogen and oxygen atoms in total. The molecule has 2 unspecified atom stereocenters. The van der Waals surface area contributed by atoms with Crippen molar-refractivity contribution in [1.29, 1.82) is 0 Å². The molecular formula is C27H26N2O7. The number of phenolic OH excluding ortho intramolecular Hbond substituents is 1. The lowest BCUT2D eigenvalue weighted by Gasteiger charge is -2.52. The molecule has 186 valence electrons. The van der Waals surface area contributed by atoms with Crippen molar-refractivity contribution in [2.45, 2.75) is 32.3 Å². The van der Waals surface area contributed by atoms with Crippen LogP contribution >= 0.6 is 0 Å². The number of ketones is 4. The highest BCUT2D eigenvalue weighted by Crippen LogP contribution is 2.53. The molecule has 9 heteroatoms. The van der Waals surface area contributed by atoms with Crippen LogP contribution in [0.3, 0.4) is 0 Å². The van der Waals surface area contributed by atoms with Crippen LogP contribution in [-0.2, 0) is 25.6 Å². The number of pyridine rings is 1. The van der Waals surface area contributed by atoms with Gasteiger partial charge in [-0.15, -0.1) is 0 Å². The van der Waals surface area contributed by atoms with Gasteiger partial charge in [0.1, 0.15) is 5.75 Å². The molecule has 2 saturated carbocycles. The van der Waals surface area contributed by atoms with Crippen LogP contribution in [0.25, 0.3) is 11.3 Å². The summed E-state index contributed by atoms with van der Waals surface area (Å²) < 4.78 is 0. The van der Waals surface area contributed by atoms with E-state index in [0.717, 1.165) is 0 Å². The SMILES string of the molecule is CC(C)[C@@H]1C(=O)C(C(N)=O)C(=O)[C@@]2(O)C(=O)C3C(=O)c4c(O)ccc(-c5ccccn5)c4C[C@H]3C[C@@H]12. The first kappa shape index (κ1) is 24.0. The molecule has 0 aliphatic heterocycles. The number of benzene rings is 1. The first-order valence-electron chi connectivity index (χ1n) is 11.9. The van der Waals surface area contributed by atoms with Crippen LogP contribution in [0.4, 0.5) is 0 Å². The number of rotatable bonds is 3. The first-order valence-corrected chi connectivity index (χ1v) is 11.9. The maximum atomic E-state index is 13.8. The van der Waals surface area contributed by atoms with E-state index in [2.05, 4.69) is 4.98 Å². The normalized spacial score (nSPS) is 31.6. The van der Waals surface area contributed by atoms with Gasteiger partial charge in [0.15, 0.2) is 34.7 Å². The zero-order chi connectivity index (χ0) is 26.1. The topological polar surface area (TPSA) is 165 Å². The lowest BCUT2D eigenvalue weighted by atomic mass is 9.49. The Morgan fingerprint density at radius 1 is 1.11 bits per heavy atom. The number of fused-ring (bicyclic) bond motifs is 3. The Morgan fingerprint density at radius 3 is 2.44 bits per heavy atom. The molecule has 2 fully saturated rings. The van der Waals surface area contributed by atoms with Gasteiger partial charge in [-0.1, -0.05) is 19.9 Å². The zero-order valence-corrected chi connectivity index (χ0v) is 19.8. The lowest BCUT2D eigenvalue weighted by molar-refractivity contribution is -0.182. The molecule has 4 N–H and O–H groups in total. The van der Waals surface area contributed by atoms with Crippen LogP contribution in [0.15, 0.2) is 36.5 Å². The minimum atomic E-state index is -2.69. The minimum Gasteiger partial charge on any atom is -0.507 e. The van der Waals surface area contributed by atoms with Gasteiger partial charge in [0.25, 0.3) is 0 Å². The Labute approximate surface area is 206 Å². The molecule has 1 heterocycles. The van der Waals surface area contributed by atoms with E-state index in [0.29, 0.717) is 16.8 Å². The fraction of sp³-hybridized carbons (Fsp3) is 0.407. The van der Waals surface area contributed by atoms with Crippen molar-refractivity contribution in [3.8, 4) is 17.0 Å². The van der Waals surface area contributed by atoms with Gasteiger partial charge in [0.2, 0.25) is 5.91 Å². The van der Waals surface area contributed by atoms with Gasteiger partial charge < -0.3 is 15.9 Å². The summed E-state index contributed by atoms with van der Waals surface area (Å²) in [4.78, 5) is 70.4. The highest BCUT2D eigenvalue weighted by molar-refractivity contribution is 6.32. The van der Waals surface area contributed by atoms with E-state index in [1.807, 2.05) is 0 Å². The van der Waals surface area contributed by atoms with Gasteiger partial charge in [-0.05, 0) is 54.5 Å². The van der Waals surface area contributed by atoms with Crippen LogP contribution in [0.2, 0.25) is 0 Å². The fourth-order valence-electron chi connectivity index (χ4n) is 6.62. The van der Waals surface area contributed by atoms with Crippen LogP contribution in [0.1, 0.15) is 36.2 Å². The molecule has 0 saturated heterocycles. The van der Waals surface area contributed by atoms with Crippen LogP contribution < -0.4 is 5.73 Å². The Kier molecular flexibility index (Phi) is 5.44. The average molecular weight is 491 g/mol. The Balaban J connectivity index is 1.66. The molecule has 0 bridgehead atoms. The summed E-state index contributed by atoms with van der Waals surface area (Å²) in [6, 6.07) is 8.33. The molecule has 3 aliphatic rings. The van der Waals surface area contributed by atoms with Crippen LogP contribution in [0.5, 0.6) is 5.75 Å². The number of hydrogen-bond acceptors (Lipinski definition) is 8. The number of aromatic nitrogens is 1. The second-order valence-electron chi connectivity index (χ2n) is 10.4. The predicted molar refractivity (Wildman–Crippen MR) is 125 cm³/mol. The van der Waals surface area contributed by atoms with E-state index < -0.39 is 70.1 Å². The second kappa shape index (κ2) is 8.16. The number of primary amides is 1. The van der Waals surface area contributed by atoms with Crippen molar-refractivity contribution in [1.82, 2.24) is 4.98 Å². The predicted octanol–water partition coefficient (Wildman–Crippen LogP) is 1.27. The van der Waals surface area contributed by atoms with E-state index in [9.17, 15) is 34.2 Å². The van der Waals surface area contributed by atoms with Crippen molar-refractivity contribution in [3.63, 3.8) is 0 Å². The molecule has 0 radical (unpaired) electrons. The minimum absolute atomic E-state index is 0.0407. The number of aromatic hydroxyl groups is 1. The van der Waals surface area contributed by atoms with E-state index in [-0.39, 0.29) is 24.2 Å². The monoisotopic (exact) mass is 490 g/mol. The zero-order valence-electron chi connectivity index (χ0n) is 19.8. The molecule has 1 aromatic heterocycles. The van der Waals surface area contributed by atoms with Gasteiger partial charge in [0.05, 0.1) is 17.2 Å². The summed E-state index contributed by atoms with van der Waals surface area (Å²) in [6.07, 6.45) is 1.85. The smallest absolute Gasteiger partial charge is 0.235 e. The van der Waals surface area contributed by atoms with Crippen molar-refractivity contribution in [3.05, 3.63) is 47.7 Å². The van der Waals surface area contributed by atoms with Crippen LogP contribution in [0, 0.1) is 35.5 Å². The van der Waals surface area contributed by atoms with Crippen molar-refractivity contribution in [2.75, 3.05) is 0 Å². The van der Waals surface area contributed by atoms with Crippen molar-refractivity contribution in [2.24, 2.45) is 41.2 Å². The first-order chi connectivity index (χ1) is 17.0. The number of Topliss-reactive ketones (excluding diaryl/α,β-unsaturated/α-hetero) is 4. The quantitative estimate of drug-likeness (QED) is 0.541. The molecular weight excluding hydrogens is 464 g/mol. The van der Waals surface area contributed by atoms with Gasteiger partial charge >= 0.3 is 0 Å². The van der Waals surface area contributed by atoms with E-state index in [4.69, 9.17) is 5.73 Å². The second-order valence-corrected chi connectivity index (χ2v) is 10.4. The number of aliphatic hydroxyl groups is 1. The Morgan fingerprint density at radius 2 is 1.83 bits per heavy atom.